The summed E-state index contributed by atoms with van der Waals surface area (Å²) in [7, 11) is 0. The zero-order valence-corrected chi connectivity index (χ0v) is 12.2. The van der Waals surface area contributed by atoms with E-state index < -0.39 is 5.54 Å². The SMILES string of the molecule is O=C(NCCCc1cccc(F)c1)NC1(CO)CCCC1. The summed E-state index contributed by atoms with van der Waals surface area (Å²) in [5, 5.41) is 15.1. The zero-order chi connectivity index (χ0) is 15.1. The number of amides is 2. The summed E-state index contributed by atoms with van der Waals surface area (Å²) in [4.78, 5) is 11.8. The lowest BCUT2D eigenvalue weighted by atomic mass is 9.99. The van der Waals surface area contributed by atoms with Crippen molar-refractivity contribution in [2.75, 3.05) is 13.2 Å². The van der Waals surface area contributed by atoms with Gasteiger partial charge in [0.15, 0.2) is 0 Å². The van der Waals surface area contributed by atoms with Crippen LogP contribution in [0.1, 0.15) is 37.7 Å². The molecule has 0 saturated heterocycles. The van der Waals surface area contributed by atoms with Crippen molar-refractivity contribution in [1.82, 2.24) is 10.6 Å². The Morgan fingerprint density at radius 1 is 1.33 bits per heavy atom. The minimum atomic E-state index is -0.438. The van der Waals surface area contributed by atoms with Gasteiger partial charge in [0.1, 0.15) is 5.82 Å². The highest BCUT2D eigenvalue weighted by Crippen LogP contribution is 2.28. The van der Waals surface area contributed by atoms with Crippen molar-refractivity contribution in [2.45, 2.75) is 44.1 Å². The summed E-state index contributed by atoms with van der Waals surface area (Å²) >= 11 is 0. The lowest BCUT2D eigenvalue weighted by Gasteiger charge is -2.27. The van der Waals surface area contributed by atoms with E-state index in [1.54, 1.807) is 6.07 Å². The molecule has 0 aromatic heterocycles. The van der Waals surface area contributed by atoms with Gasteiger partial charge in [-0.1, -0.05) is 25.0 Å². The summed E-state index contributed by atoms with van der Waals surface area (Å²) in [5.41, 5.74) is 0.493. The fraction of sp³-hybridized carbons (Fsp3) is 0.562. The Kier molecular flexibility index (Phi) is 5.56. The highest BCUT2D eigenvalue weighted by molar-refractivity contribution is 5.74. The Morgan fingerprint density at radius 2 is 2.10 bits per heavy atom. The summed E-state index contributed by atoms with van der Waals surface area (Å²) < 4.78 is 13.0. The number of nitrogens with one attached hydrogen (secondary N) is 2. The minimum Gasteiger partial charge on any atom is -0.394 e. The lowest BCUT2D eigenvalue weighted by Crippen LogP contribution is -2.53. The first-order valence-electron chi connectivity index (χ1n) is 7.55. The Morgan fingerprint density at radius 3 is 2.76 bits per heavy atom. The smallest absolute Gasteiger partial charge is 0.315 e. The van der Waals surface area contributed by atoms with Gasteiger partial charge in [-0.2, -0.15) is 0 Å². The second kappa shape index (κ2) is 7.41. The molecule has 2 amide bonds. The molecule has 1 aromatic rings. The molecule has 116 valence electrons. The average molecular weight is 294 g/mol. The molecular formula is C16H23FN2O2. The highest BCUT2D eigenvalue weighted by Gasteiger charge is 2.34. The minimum absolute atomic E-state index is 0.0102. The van der Waals surface area contributed by atoms with Crippen molar-refractivity contribution in [3.05, 3.63) is 35.6 Å². The standard InChI is InChI=1S/C16H23FN2O2/c17-14-7-3-5-13(11-14)6-4-10-18-15(21)19-16(12-20)8-1-2-9-16/h3,5,7,11,20H,1-2,4,6,8-10,12H2,(H2,18,19,21). The number of aliphatic hydroxyl groups is 1. The van der Waals surface area contributed by atoms with E-state index in [0.717, 1.165) is 44.1 Å². The van der Waals surface area contributed by atoms with Gasteiger partial charge in [-0.15, -0.1) is 0 Å². The van der Waals surface area contributed by atoms with Crippen LogP contribution in [0.4, 0.5) is 9.18 Å². The van der Waals surface area contributed by atoms with Crippen LogP contribution >= 0.6 is 0 Å². The molecule has 1 aromatic carbocycles. The van der Waals surface area contributed by atoms with E-state index in [0.29, 0.717) is 6.54 Å². The van der Waals surface area contributed by atoms with Gasteiger partial charge in [-0.3, -0.25) is 0 Å². The van der Waals surface area contributed by atoms with Crippen LogP contribution in [-0.4, -0.2) is 29.8 Å². The molecule has 0 spiro atoms. The van der Waals surface area contributed by atoms with Crippen LogP contribution in [0.25, 0.3) is 0 Å². The summed E-state index contributed by atoms with van der Waals surface area (Å²) in [6, 6.07) is 6.27. The maximum Gasteiger partial charge on any atom is 0.315 e. The summed E-state index contributed by atoms with van der Waals surface area (Å²) in [6.45, 7) is 0.521. The highest BCUT2D eigenvalue weighted by atomic mass is 19.1. The fourth-order valence-electron chi connectivity index (χ4n) is 2.85. The van der Waals surface area contributed by atoms with E-state index in [1.807, 2.05) is 6.07 Å². The number of carbonyl (C=O) groups excluding carboxylic acids is 1. The number of halogens is 1. The summed E-state index contributed by atoms with van der Waals surface area (Å²) in [6.07, 6.45) is 5.23. The molecule has 4 nitrogen and oxygen atoms in total. The maximum absolute atomic E-state index is 13.0. The zero-order valence-electron chi connectivity index (χ0n) is 12.2. The predicted octanol–water partition coefficient (Wildman–Crippen LogP) is 2.36. The van der Waals surface area contributed by atoms with Crippen LogP contribution in [0.2, 0.25) is 0 Å². The molecule has 0 aliphatic heterocycles. The van der Waals surface area contributed by atoms with E-state index in [-0.39, 0.29) is 18.5 Å². The van der Waals surface area contributed by atoms with Crippen LogP contribution in [-0.2, 0) is 6.42 Å². The Hall–Kier alpha value is -1.62. The largest absolute Gasteiger partial charge is 0.394 e. The monoisotopic (exact) mass is 294 g/mol. The molecule has 0 unspecified atom stereocenters. The van der Waals surface area contributed by atoms with Gasteiger partial charge in [-0.25, -0.2) is 9.18 Å². The molecule has 0 atom stereocenters. The molecule has 2 rings (SSSR count). The van der Waals surface area contributed by atoms with Gasteiger partial charge in [-0.05, 0) is 43.4 Å². The molecule has 1 aliphatic rings. The molecule has 1 fully saturated rings. The Labute approximate surface area is 124 Å². The van der Waals surface area contributed by atoms with Gasteiger partial charge < -0.3 is 15.7 Å². The van der Waals surface area contributed by atoms with Crippen molar-refractivity contribution in [3.8, 4) is 0 Å². The van der Waals surface area contributed by atoms with Gasteiger partial charge in [0, 0.05) is 6.54 Å². The van der Waals surface area contributed by atoms with Gasteiger partial charge in [0.25, 0.3) is 0 Å². The van der Waals surface area contributed by atoms with Crippen molar-refractivity contribution in [3.63, 3.8) is 0 Å². The molecule has 0 radical (unpaired) electrons. The van der Waals surface area contributed by atoms with Crippen molar-refractivity contribution in [1.29, 1.82) is 0 Å². The van der Waals surface area contributed by atoms with E-state index >= 15 is 0 Å². The average Bonchev–Trinajstić information content (AvgIpc) is 2.93. The number of urea groups is 1. The maximum atomic E-state index is 13.0. The van der Waals surface area contributed by atoms with E-state index in [2.05, 4.69) is 10.6 Å². The molecule has 0 bridgehead atoms. The van der Waals surface area contributed by atoms with Crippen LogP contribution in [0, 0.1) is 5.82 Å². The third kappa shape index (κ3) is 4.70. The van der Waals surface area contributed by atoms with Gasteiger partial charge in [0.05, 0.1) is 12.1 Å². The fourth-order valence-corrected chi connectivity index (χ4v) is 2.85. The van der Waals surface area contributed by atoms with E-state index in [4.69, 9.17) is 0 Å². The van der Waals surface area contributed by atoms with Crippen molar-refractivity contribution >= 4 is 6.03 Å². The van der Waals surface area contributed by atoms with Crippen molar-refractivity contribution in [2.24, 2.45) is 0 Å². The number of hydrogen-bond donors (Lipinski definition) is 3. The molecule has 21 heavy (non-hydrogen) atoms. The second-order valence-electron chi connectivity index (χ2n) is 5.76. The van der Waals surface area contributed by atoms with Gasteiger partial charge in [0.2, 0.25) is 0 Å². The first-order valence-corrected chi connectivity index (χ1v) is 7.55. The quantitative estimate of drug-likeness (QED) is 0.705. The van der Waals surface area contributed by atoms with Crippen LogP contribution in [0.5, 0.6) is 0 Å². The van der Waals surface area contributed by atoms with Crippen LogP contribution in [0.15, 0.2) is 24.3 Å². The third-order valence-corrected chi connectivity index (χ3v) is 4.06. The number of aryl methyl sites for hydroxylation is 1. The van der Waals surface area contributed by atoms with Crippen LogP contribution in [0.3, 0.4) is 0 Å². The first-order chi connectivity index (χ1) is 10.1. The van der Waals surface area contributed by atoms with E-state index in [9.17, 15) is 14.3 Å². The topological polar surface area (TPSA) is 61.4 Å². The van der Waals surface area contributed by atoms with E-state index in [1.165, 1.54) is 12.1 Å². The molecule has 0 heterocycles. The molecule has 1 saturated carbocycles. The number of rotatable bonds is 6. The second-order valence-corrected chi connectivity index (χ2v) is 5.76. The molecule has 1 aliphatic carbocycles. The Balaban J connectivity index is 1.67. The van der Waals surface area contributed by atoms with Crippen molar-refractivity contribution < 1.29 is 14.3 Å². The normalized spacial score (nSPS) is 16.7. The summed E-state index contributed by atoms with van der Waals surface area (Å²) in [5.74, 6) is -0.232. The van der Waals surface area contributed by atoms with Crippen LogP contribution < -0.4 is 10.6 Å². The predicted molar refractivity (Wildman–Crippen MR) is 79.5 cm³/mol. The first kappa shape index (κ1) is 15.8. The number of hydrogen-bond acceptors (Lipinski definition) is 2. The molecule has 3 N–H and O–H groups in total. The molecular weight excluding hydrogens is 271 g/mol. The molecule has 5 heteroatoms. The Bertz CT molecular complexity index is 473. The number of carbonyl (C=O) groups is 1. The number of aliphatic hydroxyl groups excluding tert-OH is 1. The number of benzene rings is 1. The van der Waals surface area contributed by atoms with Gasteiger partial charge >= 0.3 is 6.03 Å². The third-order valence-electron chi connectivity index (χ3n) is 4.06. The lowest BCUT2D eigenvalue weighted by molar-refractivity contribution is 0.163.